The van der Waals surface area contributed by atoms with Gasteiger partial charge in [0, 0.05) is 24.0 Å². The highest BCUT2D eigenvalue weighted by atomic mass is 19.1. The van der Waals surface area contributed by atoms with Crippen LogP contribution in [0.3, 0.4) is 0 Å². The van der Waals surface area contributed by atoms with Crippen molar-refractivity contribution in [2.24, 2.45) is 5.16 Å². The molecule has 1 aromatic carbocycles. The van der Waals surface area contributed by atoms with Crippen LogP contribution in [0.25, 0.3) is 0 Å². The van der Waals surface area contributed by atoms with E-state index in [1.807, 2.05) is 12.1 Å². The molecule has 0 radical (unpaired) electrons. The predicted octanol–water partition coefficient (Wildman–Crippen LogP) is 3.00. The van der Waals surface area contributed by atoms with E-state index in [1.54, 1.807) is 19.3 Å². The Hall–Kier alpha value is -2.43. The molecule has 2 aromatic rings. The van der Waals surface area contributed by atoms with Crippen molar-refractivity contribution in [1.82, 2.24) is 4.98 Å². The molecule has 0 unspecified atom stereocenters. The van der Waals surface area contributed by atoms with Crippen molar-refractivity contribution >= 4 is 5.71 Å². The van der Waals surface area contributed by atoms with Gasteiger partial charge in [-0.05, 0) is 36.8 Å². The smallest absolute Gasteiger partial charge is 0.131 e. The first-order chi connectivity index (χ1) is 9.20. The summed E-state index contributed by atoms with van der Waals surface area (Å²) in [4.78, 5) is 3.91. The van der Waals surface area contributed by atoms with Crippen LogP contribution < -0.4 is 4.74 Å². The van der Waals surface area contributed by atoms with Gasteiger partial charge in [-0.25, -0.2) is 4.39 Å². The average Bonchev–Trinajstić information content (AvgIpc) is 2.45. The minimum absolute atomic E-state index is 0.289. The van der Waals surface area contributed by atoms with E-state index in [-0.39, 0.29) is 6.61 Å². The molecule has 0 amide bonds. The summed E-state index contributed by atoms with van der Waals surface area (Å²) in [6.45, 7) is 1.91. The maximum atomic E-state index is 13.2. The standard InChI is InChI=1S/C14H13FN2O2/c1-10(17-18)13-3-2-12(15)8-14(13)19-9-11-4-6-16-7-5-11/h2-8,18H,9H2,1H3. The van der Waals surface area contributed by atoms with Gasteiger partial charge in [-0.2, -0.15) is 0 Å². The predicted molar refractivity (Wildman–Crippen MR) is 69.0 cm³/mol. The van der Waals surface area contributed by atoms with Gasteiger partial charge in [0.1, 0.15) is 18.2 Å². The summed E-state index contributed by atoms with van der Waals surface area (Å²) < 4.78 is 18.8. The Morgan fingerprint density at radius 3 is 2.74 bits per heavy atom. The van der Waals surface area contributed by atoms with E-state index in [1.165, 1.54) is 18.2 Å². The average molecular weight is 260 g/mol. The van der Waals surface area contributed by atoms with Crippen molar-refractivity contribution < 1.29 is 14.3 Å². The van der Waals surface area contributed by atoms with Gasteiger partial charge in [0.2, 0.25) is 0 Å². The molecular formula is C14H13FN2O2. The molecule has 0 aliphatic heterocycles. The molecule has 98 valence electrons. The number of nitrogens with zero attached hydrogens (tertiary/aromatic N) is 2. The van der Waals surface area contributed by atoms with E-state index < -0.39 is 5.82 Å². The Bertz CT molecular complexity index is 585. The maximum absolute atomic E-state index is 13.2. The van der Waals surface area contributed by atoms with Gasteiger partial charge in [0.05, 0.1) is 5.71 Å². The fraction of sp³-hybridized carbons (Fsp3) is 0.143. The third-order valence-corrected chi connectivity index (χ3v) is 2.63. The van der Waals surface area contributed by atoms with E-state index in [9.17, 15) is 4.39 Å². The fourth-order valence-electron chi connectivity index (χ4n) is 1.61. The molecular weight excluding hydrogens is 247 g/mol. The topological polar surface area (TPSA) is 54.7 Å². The second-order valence-corrected chi connectivity index (χ2v) is 3.97. The Kier molecular flexibility index (Phi) is 4.07. The number of ether oxygens (including phenoxy) is 1. The van der Waals surface area contributed by atoms with Crippen molar-refractivity contribution in [2.45, 2.75) is 13.5 Å². The molecule has 5 heteroatoms. The lowest BCUT2D eigenvalue weighted by atomic mass is 10.1. The number of hydrogen-bond acceptors (Lipinski definition) is 4. The molecule has 19 heavy (non-hydrogen) atoms. The summed E-state index contributed by atoms with van der Waals surface area (Å²) in [6.07, 6.45) is 3.32. The van der Waals surface area contributed by atoms with Crippen LogP contribution in [-0.2, 0) is 6.61 Å². The van der Waals surface area contributed by atoms with Gasteiger partial charge in [-0.3, -0.25) is 4.98 Å². The van der Waals surface area contributed by atoms with Crippen molar-refractivity contribution in [2.75, 3.05) is 0 Å². The van der Waals surface area contributed by atoms with Gasteiger partial charge < -0.3 is 9.94 Å². The lowest BCUT2D eigenvalue weighted by Crippen LogP contribution is -2.03. The van der Waals surface area contributed by atoms with Gasteiger partial charge >= 0.3 is 0 Å². The van der Waals surface area contributed by atoms with Gasteiger partial charge in [0.15, 0.2) is 0 Å². The minimum atomic E-state index is -0.404. The van der Waals surface area contributed by atoms with E-state index in [0.717, 1.165) is 5.56 Å². The summed E-state index contributed by atoms with van der Waals surface area (Å²) in [5.41, 5.74) is 1.84. The van der Waals surface area contributed by atoms with Gasteiger partial charge in [0.25, 0.3) is 0 Å². The molecule has 1 heterocycles. The van der Waals surface area contributed by atoms with Crippen LogP contribution in [0.5, 0.6) is 5.75 Å². The van der Waals surface area contributed by atoms with Crippen LogP contribution in [0, 0.1) is 5.82 Å². The van der Waals surface area contributed by atoms with Crippen molar-refractivity contribution in [3.63, 3.8) is 0 Å². The lowest BCUT2D eigenvalue weighted by Gasteiger charge is -2.11. The third-order valence-electron chi connectivity index (χ3n) is 2.63. The zero-order valence-corrected chi connectivity index (χ0v) is 10.4. The molecule has 4 nitrogen and oxygen atoms in total. The Balaban J connectivity index is 2.21. The monoisotopic (exact) mass is 260 g/mol. The lowest BCUT2D eigenvalue weighted by molar-refractivity contribution is 0.301. The first-order valence-corrected chi connectivity index (χ1v) is 5.71. The zero-order chi connectivity index (χ0) is 13.7. The number of rotatable bonds is 4. The number of hydrogen-bond donors (Lipinski definition) is 1. The number of halogens is 1. The first-order valence-electron chi connectivity index (χ1n) is 5.71. The number of oxime groups is 1. The molecule has 2 rings (SSSR count). The minimum Gasteiger partial charge on any atom is -0.488 e. The molecule has 0 aliphatic rings. The molecule has 0 spiro atoms. The number of aromatic nitrogens is 1. The van der Waals surface area contributed by atoms with E-state index in [2.05, 4.69) is 10.1 Å². The van der Waals surface area contributed by atoms with Crippen molar-refractivity contribution in [3.8, 4) is 5.75 Å². The number of pyridine rings is 1. The third kappa shape index (κ3) is 3.28. The Morgan fingerprint density at radius 1 is 1.32 bits per heavy atom. The van der Waals surface area contributed by atoms with Crippen LogP contribution in [0.2, 0.25) is 0 Å². The van der Waals surface area contributed by atoms with Crippen molar-refractivity contribution in [1.29, 1.82) is 0 Å². The largest absolute Gasteiger partial charge is 0.488 e. The highest BCUT2D eigenvalue weighted by Gasteiger charge is 2.09. The maximum Gasteiger partial charge on any atom is 0.131 e. The second kappa shape index (κ2) is 5.95. The summed E-state index contributed by atoms with van der Waals surface area (Å²) in [5, 5.41) is 11.9. The Morgan fingerprint density at radius 2 is 2.05 bits per heavy atom. The zero-order valence-electron chi connectivity index (χ0n) is 10.4. The quantitative estimate of drug-likeness (QED) is 0.522. The fourth-order valence-corrected chi connectivity index (χ4v) is 1.61. The molecule has 0 atom stereocenters. The van der Waals surface area contributed by atoms with E-state index in [4.69, 9.17) is 9.94 Å². The van der Waals surface area contributed by atoms with Crippen LogP contribution in [0.15, 0.2) is 47.9 Å². The van der Waals surface area contributed by atoms with Crippen LogP contribution in [0.4, 0.5) is 4.39 Å². The summed E-state index contributed by atoms with van der Waals surface area (Å²) in [5.74, 6) is -0.0636. The highest BCUT2D eigenvalue weighted by Crippen LogP contribution is 2.22. The summed E-state index contributed by atoms with van der Waals surface area (Å²) in [7, 11) is 0. The number of benzene rings is 1. The molecule has 0 saturated heterocycles. The van der Waals surface area contributed by atoms with Crippen LogP contribution >= 0.6 is 0 Å². The van der Waals surface area contributed by atoms with Crippen molar-refractivity contribution in [3.05, 3.63) is 59.7 Å². The molecule has 0 fully saturated rings. The molecule has 0 saturated carbocycles. The summed E-state index contributed by atoms with van der Waals surface area (Å²) >= 11 is 0. The van der Waals surface area contributed by atoms with Crippen LogP contribution in [0.1, 0.15) is 18.1 Å². The highest BCUT2D eigenvalue weighted by molar-refractivity contribution is 6.00. The SMILES string of the molecule is CC(=NO)c1ccc(F)cc1OCc1ccncc1. The molecule has 0 bridgehead atoms. The summed E-state index contributed by atoms with van der Waals surface area (Å²) in [6, 6.07) is 7.71. The Labute approximate surface area is 110 Å². The van der Waals surface area contributed by atoms with Crippen LogP contribution in [-0.4, -0.2) is 15.9 Å². The first kappa shape index (κ1) is 13.0. The van der Waals surface area contributed by atoms with Gasteiger partial charge in [-0.1, -0.05) is 5.16 Å². The normalized spacial score (nSPS) is 11.4. The van der Waals surface area contributed by atoms with Gasteiger partial charge in [-0.15, -0.1) is 0 Å². The molecule has 1 aromatic heterocycles. The van der Waals surface area contributed by atoms with E-state index >= 15 is 0 Å². The second-order valence-electron chi connectivity index (χ2n) is 3.97. The molecule has 1 N–H and O–H groups in total. The van der Waals surface area contributed by atoms with E-state index in [0.29, 0.717) is 17.0 Å². The molecule has 0 aliphatic carbocycles.